The summed E-state index contributed by atoms with van der Waals surface area (Å²) in [6.07, 6.45) is 9.61. The average Bonchev–Trinajstić information content (AvgIpc) is 2.99. The van der Waals surface area contributed by atoms with Gasteiger partial charge in [0.15, 0.2) is 0 Å². The molecule has 0 atom stereocenters. The number of hydrogen-bond donors (Lipinski definition) is 1. The van der Waals surface area contributed by atoms with Gasteiger partial charge in [0.25, 0.3) is 0 Å². The van der Waals surface area contributed by atoms with Gasteiger partial charge in [0.2, 0.25) is 11.7 Å². The highest BCUT2D eigenvalue weighted by molar-refractivity contribution is 5.51. The highest BCUT2D eigenvalue weighted by Gasteiger charge is 2.30. The van der Waals surface area contributed by atoms with E-state index in [1.807, 2.05) is 6.07 Å². The van der Waals surface area contributed by atoms with Gasteiger partial charge in [-0.2, -0.15) is 4.98 Å². The van der Waals surface area contributed by atoms with Crippen LogP contribution in [0.1, 0.15) is 38.0 Å². The van der Waals surface area contributed by atoms with E-state index < -0.39 is 0 Å². The number of hydrogen-bond acceptors (Lipinski definition) is 5. The standard InChI is InChI=1S/C13H17N3O2/c14-13(5-2-1-3-6-13)8-11-15-12(16-18-11)10-4-7-17-9-10/h4,7,9H,1-3,5-6,8,14H2. The molecular weight excluding hydrogens is 230 g/mol. The lowest BCUT2D eigenvalue weighted by Crippen LogP contribution is -2.43. The number of nitrogens with zero attached hydrogens (tertiary/aromatic N) is 2. The van der Waals surface area contributed by atoms with Crippen LogP contribution in [0.25, 0.3) is 11.4 Å². The maximum atomic E-state index is 6.37. The van der Waals surface area contributed by atoms with E-state index in [4.69, 9.17) is 14.7 Å². The molecular formula is C13H17N3O2. The number of rotatable bonds is 3. The highest BCUT2D eigenvalue weighted by atomic mass is 16.5. The Morgan fingerprint density at radius 1 is 1.28 bits per heavy atom. The first-order valence-corrected chi connectivity index (χ1v) is 6.39. The Morgan fingerprint density at radius 2 is 2.11 bits per heavy atom. The first-order chi connectivity index (χ1) is 8.75. The molecule has 0 saturated heterocycles. The summed E-state index contributed by atoms with van der Waals surface area (Å²) in [5.74, 6) is 1.19. The summed E-state index contributed by atoms with van der Waals surface area (Å²) in [5.41, 5.74) is 7.04. The minimum atomic E-state index is -0.168. The fourth-order valence-corrected chi connectivity index (χ4v) is 2.57. The van der Waals surface area contributed by atoms with Crippen LogP contribution in [0.3, 0.4) is 0 Å². The van der Waals surface area contributed by atoms with Crippen LogP contribution in [0.15, 0.2) is 27.5 Å². The molecule has 2 heterocycles. The van der Waals surface area contributed by atoms with Gasteiger partial charge in [-0.05, 0) is 18.9 Å². The summed E-state index contributed by atoms with van der Waals surface area (Å²) in [7, 11) is 0. The topological polar surface area (TPSA) is 78.1 Å². The van der Waals surface area contributed by atoms with Crippen LogP contribution < -0.4 is 5.73 Å². The second-order valence-corrected chi connectivity index (χ2v) is 5.12. The number of aromatic nitrogens is 2. The Morgan fingerprint density at radius 3 is 2.83 bits per heavy atom. The zero-order valence-electron chi connectivity index (χ0n) is 10.3. The van der Waals surface area contributed by atoms with Crippen LogP contribution in [0, 0.1) is 0 Å². The van der Waals surface area contributed by atoms with E-state index in [1.54, 1.807) is 12.5 Å². The van der Waals surface area contributed by atoms with Crippen molar-refractivity contribution < 1.29 is 8.94 Å². The molecule has 0 aliphatic heterocycles. The Hall–Kier alpha value is -1.62. The molecule has 1 aliphatic carbocycles. The van der Waals surface area contributed by atoms with Gasteiger partial charge in [-0.1, -0.05) is 24.4 Å². The second kappa shape index (κ2) is 4.57. The smallest absolute Gasteiger partial charge is 0.228 e. The molecule has 0 spiro atoms. The molecule has 0 amide bonds. The third-order valence-corrected chi connectivity index (χ3v) is 3.60. The summed E-state index contributed by atoms with van der Waals surface area (Å²) in [4.78, 5) is 4.37. The Kier molecular flexibility index (Phi) is 2.91. The normalized spacial score (nSPS) is 18.9. The molecule has 3 rings (SSSR count). The monoisotopic (exact) mass is 247 g/mol. The van der Waals surface area contributed by atoms with Gasteiger partial charge < -0.3 is 14.7 Å². The zero-order valence-corrected chi connectivity index (χ0v) is 10.3. The van der Waals surface area contributed by atoms with Gasteiger partial charge in [-0.3, -0.25) is 0 Å². The quantitative estimate of drug-likeness (QED) is 0.901. The van der Waals surface area contributed by atoms with Crippen molar-refractivity contribution in [3.8, 4) is 11.4 Å². The lowest BCUT2D eigenvalue weighted by Gasteiger charge is -2.31. The molecule has 0 unspecified atom stereocenters. The van der Waals surface area contributed by atoms with Gasteiger partial charge in [0.05, 0.1) is 11.8 Å². The van der Waals surface area contributed by atoms with E-state index in [1.165, 1.54) is 19.3 Å². The van der Waals surface area contributed by atoms with Crippen molar-refractivity contribution in [1.29, 1.82) is 0 Å². The first kappa shape index (κ1) is 11.5. The first-order valence-electron chi connectivity index (χ1n) is 6.39. The molecule has 96 valence electrons. The zero-order chi connectivity index (χ0) is 12.4. The molecule has 5 nitrogen and oxygen atoms in total. The summed E-state index contributed by atoms with van der Waals surface area (Å²) in [5, 5.41) is 3.95. The fraction of sp³-hybridized carbons (Fsp3) is 0.538. The van der Waals surface area contributed by atoms with Crippen LogP contribution in [-0.2, 0) is 6.42 Å². The molecule has 1 saturated carbocycles. The van der Waals surface area contributed by atoms with E-state index in [9.17, 15) is 0 Å². The number of nitrogens with two attached hydrogens (primary N) is 1. The van der Waals surface area contributed by atoms with Crippen molar-refractivity contribution in [3.63, 3.8) is 0 Å². The third kappa shape index (κ3) is 2.31. The Bertz CT molecular complexity index is 498. The molecule has 2 N–H and O–H groups in total. The maximum absolute atomic E-state index is 6.37. The lowest BCUT2D eigenvalue weighted by atomic mass is 9.80. The molecule has 0 bridgehead atoms. The van der Waals surface area contributed by atoms with Gasteiger partial charge in [-0.25, -0.2) is 0 Å². The fourth-order valence-electron chi connectivity index (χ4n) is 2.57. The highest BCUT2D eigenvalue weighted by Crippen LogP contribution is 2.29. The van der Waals surface area contributed by atoms with Crippen molar-refractivity contribution in [2.75, 3.05) is 0 Å². The molecule has 1 aliphatic rings. The maximum Gasteiger partial charge on any atom is 0.228 e. The van der Waals surface area contributed by atoms with E-state index in [2.05, 4.69) is 10.1 Å². The minimum absolute atomic E-state index is 0.168. The molecule has 2 aromatic rings. The molecule has 0 radical (unpaired) electrons. The van der Waals surface area contributed by atoms with Gasteiger partial charge in [0, 0.05) is 12.0 Å². The van der Waals surface area contributed by atoms with Crippen LogP contribution in [0.2, 0.25) is 0 Å². The summed E-state index contributed by atoms with van der Waals surface area (Å²) < 4.78 is 10.3. The Labute approximate surface area is 105 Å². The van der Waals surface area contributed by atoms with Gasteiger partial charge >= 0.3 is 0 Å². The lowest BCUT2D eigenvalue weighted by molar-refractivity contribution is 0.261. The van der Waals surface area contributed by atoms with Crippen molar-refractivity contribution in [3.05, 3.63) is 24.5 Å². The van der Waals surface area contributed by atoms with E-state index in [0.717, 1.165) is 18.4 Å². The molecule has 1 fully saturated rings. The van der Waals surface area contributed by atoms with Crippen LogP contribution >= 0.6 is 0 Å². The molecule has 2 aromatic heterocycles. The third-order valence-electron chi connectivity index (χ3n) is 3.60. The SMILES string of the molecule is NC1(Cc2nc(-c3ccoc3)no2)CCCCC1. The van der Waals surface area contributed by atoms with E-state index in [-0.39, 0.29) is 5.54 Å². The van der Waals surface area contributed by atoms with Crippen molar-refractivity contribution in [1.82, 2.24) is 10.1 Å². The molecule has 18 heavy (non-hydrogen) atoms. The van der Waals surface area contributed by atoms with Crippen LogP contribution in [0.4, 0.5) is 0 Å². The predicted octanol–water partition coefficient (Wildman–Crippen LogP) is 2.53. The Balaban J connectivity index is 1.73. The molecule has 0 aromatic carbocycles. The summed E-state index contributed by atoms with van der Waals surface area (Å²) >= 11 is 0. The molecule has 5 heteroatoms. The van der Waals surface area contributed by atoms with Crippen molar-refractivity contribution in [2.45, 2.75) is 44.1 Å². The van der Waals surface area contributed by atoms with Gasteiger partial charge in [-0.15, -0.1) is 0 Å². The van der Waals surface area contributed by atoms with E-state index >= 15 is 0 Å². The van der Waals surface area contributed by atoms with Crippen LogP contribution in [-0.4, -0.2) is 15.7 Å². The summed E-state index contributed by atoms with van der Waals surface area (Å²) in [6, 6.07) is 1.81. The minimum Gasteiger partial charge on any atom is -0.472 e. The largest absolute Gasteiger partial charge is 0.472 e. The van der Waals surface area contributed by atoms with Crippen molar-refractivity contribution in [2.24, 2.45) is 5.73 Å². The average molecular weight is 247 g/mol. The second-order valence-electron chi connectivity index (χ2n) is 5.12. The van der Waals surface area contributed by atoms with Crippen molar-refractivity contribution >= 4 is 0 Å². The predicted molar refractivity (Wildman–Crippen MR) is 65.7 cm³/mol. The van der Waals surface area contributed by atoms with Crippen LogP contribution in [0.5, 0.6) is 0 Å². The number of furan rings is 1. The van der Waals surface area contributed by atoms with E-state index in [0.29, 0.717) is 18.1 Å². The van der Waals surface area contributed by atoms with Gasteiger partial charge in [0.1, 0.15) is 6.26 Å². The summed E-state index contributed by atoms with van der Waals surface area (Å²) in [6.45, 7) is 0.